The molecule has 8 nitrogen and oxygen atoms in total. The van der Waals surface area contributed by atoms with Gasteiger partial charge in [-0.15, -0.1) is 0 Å². The van der Waals surface area contributed by atoms with Gasteiger partial charge < -0.3 is 14.4 Å². The van der Waals surface area contributed by atoms with Gasteiger partial charge in [-0.3, -0.25) is 19.7 Å². The molecule has 1 atom stereocenters. The summed E-state index contributed by atoms with van der Waals surface area (Å²) in [5.74, 6) is 1.57. The van der Waals surface area contributed by atoms with E-state index in [9.17, 15) is 4.79 Å². The average molecular weight is 397 g/mol. The van der Waals surface area contributed by atoms with Gasteiger partial charge in [-0.05, 0) is 38.4 Å². The summed E-state index contributed by atoms with van der Waals surface area (Å²) in [5, 5.41) is 0. The van der Waals surface area contributed by atoms with E-state index in [1.54, 1.807) is 18.6 Å². The van der Waals surface area contributed by atoms with Gasteiger partial charge in [0.2, 0.25) is 11.8 Å². The van der Waals surface area contributed by atoms with E-state index < -0.39 is 0 Å². The van der Waals surface area contributed by atoms with Crippen molar-refractivity contribution in [2.75, 3.05) is 45.9 Å². The molecule has 0 radical (unpaired) electrons. The average Bonchev–Trinajstić information content (AvgIpc) is 2.76. The monoisotopic (exact) mass is 397 g/mol. The maximum absolute atomic E-state index is 12.6. The highest BCUT2D eigenvalue weighted by molar-refractivity contribution is 5.78. The van der Waals surface area contributed by atoms with E-state index in [1.807, 2.05) is 24.0 Å². The largest absolute Gasteiger partial charge is 0.435 e. The fourth-order valence-electron chi connectivity index (χ4n) is 3.90. The minimum Gasteiger partial charge on any atom is -0.435 e. The summed E-state index contributed by atoms with van der Waals surface area (Å²) in [6, 6.07) is 3.73. The van der Waals surface area contributed by atoms with Gasteiger partial charge in [0.15, 0.2) is 5.75 Å². The zero-order valence-corrected chi connectivity index (χ0v) is 16.8. The molecule has 0 bridgehead atoms. The van der Waals surface area contributed by atoms with Crippen LogP contribution in [0.1, 0.15) is 30.1 Å². The molecule has 29 heavy (non-hydrogen) atoms. The zero-order valence-electron chi connectivity index (χ0n) is 16.8. The van der Waals surface area contributed by atoms with Crippen LogP contribution in [-0.2, 0) is 9.53 Å². The van der Waals surface area contributed by atoms with Crippen molar-refractivity contribution < 1.29 is 14.3 Å². The molecule has 2 aliphatic heterocycles. The number of pyridine rings is 1. The van der Waals surface area contributed by atoms with Gasteiger partial charge in [0.25, 0.3) is 0 Å². The smallest absolute Gasteiger partial charge is 0.241 e. The molecule has 2 aromatic rings. The highest BCUT2D eigenvalue weighted by Gasteiger charge is 2.28. The fraction of sp³-hybridized carbons (Fsp3) is 0.524. The molecular formula is C21H27N5O3. The Kier molecular flexibility index (Phi) is 6.31. The lowest BCUT2D eigenvalue weighted by Gasteiger charge is -2.34. The summed E-state index contributed by atoms with van der Waals surface area (Å²) < 4.78 is 11.4. The first-order chi connectivity index (χ1) is 14.2. The number of likely N-dealkylation sites (tertiary alicyclic amines) is 1. The standard InChI is InChI=1S/C21H27N5O3/c1-16-18(5-2-6-22-16)29-21-20(23-7-8-24-21)17-4-3-9-25(14-17)15-19(27)26-10-12-28-13-11-26/h2,5-8,17H,3-4,9-15H2,1H3/t17-/m0/s1. The van der Waals surface area contributed by atoms with E-state index in [2.05, 4.69) is 19.9 Å². The van der Waals surface area contributed by atoms with Gasteiger partial charge in [-0.1, -0.05) is 0 Å². The molecule has 0 unspecified atom stereocenters. The van der Waals surface area contributed by atoms with Crippen molar-refractivity contribution in [2.24, 2.45) is 0 Å². The van der Waals surface area contributed by atoms with Crippen LogP contribution in [0.2, 0.25) is 0 Å². The van der Waals surface area contributed by atoms with Crippen molar-refractivity contribution in [3.63, 3.8) is 0 Å². The van der Waals surface area contributed by atoms with Gasteiger partial charge in [-0.25, -0.2) is 4.98 Å². The number of aromatic nitrogens is 3. The number of hydrogen-bond donors (Lipinski definition) is 0. The Bertz CT molecular complexity index is 841. The summed E-state index contributed by atoms with van der Waals surface area (Å²) in [6.45, 7) is 6.66. The first-order valence-electron chi connectivity index (χ1n) is 10.2. The van der Waals surface area contributed by atoms with Crippen molar-refractivity contribution in [1.29, 1.82) is 0 Å². The molecule has 1 amide bonds. The third-order valence-electron chi connectivity index (χ3n) is 5.47. The second kappa shape index (κ2) is 9.28. The molecule has 0 saturated carbocycles. The summed E-state index contributed by atoms with van der Waals surface area (Å²) in [5.41, 5.74) is 1.66. The normalized spacial score (nSPS) is 20.4. The third kappa shape index (κ3) is 4.89. The molecule has 154 valence electrons. The second-order valence-corrected chi connectivity index (χ2v) is 7.50. The van der Waals surface area contributed by atoms with E-state index >= 15 is 0 Å². The molecule has 2 fully saturated rings. The lowest BCUT2D eigenvalue weighted by molar-refractivity contribution is -0.136. The first-order valence-corrected chi connectivity index (χ1v) is 10.2. The van der Waals surface area contributed by atoms with Crippen LogP contribution in [0.4, 0.5) is 0 Å². The number of hydrogen-bond acceptors (Lipinski definition) is 7. The summed E-state index contributed by atoms with van der Waals surface area (Å²) >= 11 is 0. The first kappa shape index (κ1) is 19.7. The summed E-state index contributed by atoms with van der Waals surface area (Å²) in [4.78, 5) is 30.0. The lowest BCUT2D eigenvalue weighted by Crippen LogP contribution is -2.47. The number of piperidine rings is 1. The number of carbonyl (C=O) groups excluding carboxylic acids is 1. The molecule has 0 aromatic carbocycles. The van der Waals surface area contributed by atoms with Gasteiger partial charge in [-0.2, -0.15) is 0 Å². The van der Waals surface area contributed by atoms with Gasteiger partial charge >= 0.3 is 0 Å². The van der Waals surface area contributed by atoms with Crippen LogP contribution >= 0.6 is 0 Å². The van der Waals surface area contributed by atoms with Crippen LogP contribution < -0.4 is 4.74 Å². The summed E-state index contributed by atoms with van der Waals surface area (Å²) in [6.07, 6.45) is 7.11. The van der Waals surface area contributed by atoms with E-state index in [4.69, 9.17) is 9.47 Å². The topological polar surface area (TPSA) is 80.7 Å². The number of aryl methyl sites for hydroxylation is 1. The lowest BCUT2D eigenvalue weighted by atomic mass is 9.94. The van der Waals surface area contributed by atoms with Crippen LogP contribution in [0, 0.1) is 6.92 Å². The molecule has 4 heterocycles. The molecule has 0 N–H and O–H groups in total. The van der Waals surface area contributed by atoms with Gasteiger partial charge in [0.05, 0.1) is 25.5 Å². The predicted octanol–water partition coefficient (Wildman–Crippen LogP) is 2.01. The maximum Gasteiger partial charge on any atom is 0.241 e. The van der Waals surface area contributed by atoms with Gasteiger partial charge in [0.1, 0.15) is 5.69 Å². The summed E-state index contributed by atoms with van der Waals surface area (Å²) in [7, 11) is 0. The molecule has 8 heteroatoms. The second-order valence-electron chi connectivity index (χ2n) is 7.50. The third-order valence-corrected chi connectivity index (χ3v) is 5.47. The molecule has 0 aliphatic carbocycles. The fourth-order valence-corrected chi connectivity index (χ4v) is 3.90. The SMILES string of the molecule is Cc1ncccc1Oc1nccnc1[C@H]1CCCN(CC(=O)N2CCOCC2)C1. The molecule has 2 aliphatic rings. The molecule has 2 aromatic heterocycles. The highest BCUT2D eigenvalue weighted by atomic mass is 16.5. The highest BCUT2D eigenvalue weighted by Crippen LogP contribution is 2.33. The number of amides is 1. The number of ether oxygens (including phenoxy) is 2. The van der Waals surface area contributed by atoms with E-state index in [0.717, 1.165) is 37.3 Å². The Morgan fingerprint density at radius 3 is 2.83 bits per heavy atom. The van der Waals surface area contributed by atoms with Crippen LogP contribution in [0.25, 0.3) is 0 Å². The Morgan fingerprint density at radius 2 is 2.00 bits per heavy atom. The Labute approximate surface area is 170 Å². The Balaban J connectivity index is 1.44. The van der Waals surface area contributed by atoms with Crippen molar-refractivity contribution in [3.8, 4) is 11.6 Å². The molecular weight excluding hydrogens is 370 g/mol. The minimum absolute atomic E-state index is 0.176. The van der Waals surface area contributed by atoms with E-state index in [1.165, 1.54) is 0 Å². The molecule has 0 spiro atoms. The number of rotatable bonds is 5. The van der Waals surface area contributed by atoms with Crippen molar-refractivity contribution in [1.82, 2.24) is 24.8 Å². The van der Waals surface area contributed by atoms with E-state index in [-0.39, 0.29) is 11.8 Å². The van der Waals surface area contributed by atoms with Crippen LogP contribution in [0.5, 0.6) is 11.6 Å². The van der Waals surface area contributed by atoms with Crippen LogP contribution in [0.3, 0.4) is 0 Å². The Hall–Kier alpha value is -2.58. The minimum atomic E-state index is 0.176. The molecule has 4 rings (SSSR count). The van der Waals surface area contributed by atoms with E-state index in [0.29, 0.717) is 44.5 Å². The van der Waals surface area contributed by atoms with Crippen molar-refractivity contribution >= 4 is 5.91 Å². The van der Waals surface area contributed by atoms with Crippen molar-refractivity contribution in [3.05, 3.63) is 42.1 Å². The van der Waals surface area contributed by atoms with Gasteiger partial charge in [0, 0.05) is 44.1 Å². The van der Waals surface area contributed by atoms with Crippen LogP contribution in [0.15, 0.2) is 30.7 Å². The zero-order chi connectivity index (χ0) is 20.1. The maximum atomic E-state index is 12.6. The van der Waals surface area contributed by atoms with Crippen molar-refractivity contribution in [2.45, 2.75) is 25.7 Å². The van der Waals surface area contributed by atoms with Crippen LogP contribution in [-0.4, -0.2) is 76.6 Å². The number of carbonyl (C=O) groups is 1. The Morgan fingerprint density at radius 1 is 1.17 bits per heavy atom. The number of morpholine rings is 1. The molecule has 2 saturated heterocycles. The quantitative estimate of drug-likeness (QED) is 0.763. The number of nitrogens with zero attached hydrogens (tertiary/aromatic N) is 5. The predicted molar refractivity (Wildman–Crippen MR) is 107 cm³/mol.